The first kappa shape index (κ1) is 19.9. The van der Waals surface area contributed by atoms with Gasteiger partial charge in [-0.1, -0.05) is 18.2 Å². The van der Waals surface area contributed by atoms with Crippen LogP contribution in [0.4, 0.5) is 5.69 Å². The Morgan fingerprint density at radius 1 is 1.07 bits per heavy atom. The first-order chi connectivity index (χ1) is 13.0. The molecule has 3 rings (SSSR count). The third kappa shape index (κ3) is 5.33. The molecule has 2 aromatic rings. The zero-order chi connectivity index (χ0) is 19.3. The van der Waals surface area contributed by atoms with Crippen LogP contribution < -0.4 is 10.2 Å². The lowest BCUT2D eigenvalue weighted by Crippen LogP contribution is -2.49. The molecule has 2 heterocycles. The summed E-state index contributed by atoms with van der Waals surface area (Å²) in [4.78, 5) is 14.1. The minimum atomic E-state index is -3.32. The summed E-state index contributed by atoms with van der Waals surface area (Å²) in [7, 11) is -3.32. The number of halogens is 1. The van der Waals surface area contributed by atoms with Crippen molar-refractivity contribution in [1.29, 1.82) is 0 Å². The molecule has 27 heavy (non-hydrogen) atoms. The van der Waals surface area contributed by atoms with Crippen LogP contribution in [0.3, 0.4) is 0 Å². The second-order valence-corrected chi connectivity index (χ2v) is 9.12. The number of amides is 1. The monoisotopic (exact) mass is 455 g/mol. The van der Waals surface area contributed by atoms with Crippen molar-refractivity contribution >= 4 is 37.5 Å². The van der Waals surface area contributed by atoms with E-state index >= 15 is 0 Å². The van der Waals surface area contributed by atoms with Gasteiger partial charge in [0.05, 0.1) is 5.75 Å². The fraction of sp³-hybridized carbons (Fsp3) is 0.389. The van der Waals surface area contributed by atoms with Crippen molar-refractivity contribution in [2.24, 2.45) is 0 Å². The molecule has 1 aliphatic heterocycles. The summed E-state index contributed by atoms with van der Waals surface area (Å²) < 4.78 is 32.2. The number of sulfonamides is 1. The zero-order valence-electron chi connectivity index (χ0n) is 14.8. The molecule has 146 valence electrons. The number of hydrogen-bond donors (Lipinski definition) is 1. The maximum Gasteiger partial charge on any atom is 0.287 e. The van der Waals surface area contributed by atoms with E-state index in [1.54, 1.807) is 12.1 Å². The van der Waals surface area contributed by atoms with Crippen LogP contribution in [0.5, 0.6) is 0 Å². The molecule has 0 bridgehead atoms. The van der Waals surface area contributed by atoms with E-state index in [0.29, 0.717) is 37.3 Å². The second kappa shape index (κ2) is 8.90. The van der Waals surface area contributed by atoms with E-state index in [4.69, 9.17) is 4.42 Å². The van der Waals surface area contributed by atoms with Gasteiger partial charge in [-0.15, -0.1) is 0 Å². The highest BCUT2D eigenvalue weighted by atomic mass is 79.9. The van der Waals surface area contributed by atoms with Crippen LogP contribution in [0.15, 0.2) is 51.6 Å². The largest absolute Gasteiger partial charge is 0.444 e. The molecule has 9 heteroatoms. The molecule has 1 N–H and O–H groups in total. The molecule has 7 nitrogen and oxygen atoms in total. The number of carbonyl (C=O) groups excluding carboxylic acids is 1. The number of furan rings is 1. The molecule has 0 saturated carbocycles. The van der Waals surface area contributed by atoms with Crippen LogP contribution >= 0.6 is 15.9 Å². The number of carbonyl (C=O) groups is 1. The molecule has 0 unspecified atom stereocenters. The standard InChI is InChI=1S/C18H22BrN3O4S/c19-17-8-7-16(26-17)18(23)20-9-4-14-27(24,25)22-12-10-21(11-13-22)15-5-2-1-3-6-15/h1-3,5-8H,4,9-14H2,(H,20,23). The number of anilines is 1. The van der Waals surface area contributed by atoms with Gasteiger partial charge < -0.3 is 14.6 Å². The fourth-order valence-corrected chi connectivity index (χ4v) is 4.77. The number of para-hydroxylation sites is 1. The Morgan fingerprint density at radius 3 is 2.41 bits per heavy atom. The molecular weight excluding hydrogens is 434 g/mol. The van der Waals surface area contributed by atoms with E-state index in [0.717, 1.165) is 5.69 Å². The van der Waals surface area contributed by atoms with Gasteiger partial charge in [-0.05, 0) is 46.6 Å². The van der Waals surface area contributed by atoms with Gasteiger partial charge in [0.2, 0.25) is 10.0 Å². The van der Waals surface area contributed by atoms with E-state index in [1.807, 2.05) is 30.3 Å². The lowest BCUT2D eigenvalue weighted by Gasteiger charge is -2.35. The highest BCUT2D eigenvalue weighted by Crippen LogP contribution is 2.17. The predicted molar refractivity (Wildman–Crippen MR) is 107 cm³/mol. The highest BCUT2D eigenvalue weighted by molar-refractivity contribution is 9.10. The molecule has 0 aliphatic carbocycles. The van der Waals surface area contributed by atoms with E-state index in [1.165, 1.54) is 4.31 Å². The van der Waals surface area contributed by atoms with E-state index < -0.39 is 10.0 Å². The van der Waals surface area contributed by atoms with Crippen molar-refractivity contribution in [3.05, 3.63) is 52.9 Å². The normalized spacial score (nSPS) is 15.7. The quantitative estimate of drug-likeness (QED) is 0.647. The summed E-state index contributed by atoms with van der Waals surface area (Å²) >= 11 is 3.14. The first-order valence-electron chi connectivity index (χ1n) is 8.77. The number of hydrogen-bond acceptors (Lipinski definition) is 5. The lowest BCUT2D eigenvalue weighted by atomic mass is 10.2. The number of rotatable bonds is 7. The number of nitrogens with one attached hydrogen (secondary N) is 1. The average molecular weight is 456 g/mol. The van der Waals surface area contributed by atoms with E-state index in [-0.39, 0.29) is 24.0 Å². The number of nitrogens with zero attached hydrogens (tertiary/aromatic N) is 2. The Hall–Kier alpha value is -1.84. The van der Waals surface area contributed by atoms with Crippen LogP contribution in [0.1, 0.15) is 17.0 Å². The summed E-state index contributed by atoms with van der Waals surface area (Å²) in [6.07, 6.45) is 0.356. The smallest absolute Gasteiger partial charge is 0.287 e. The number of piperazine rings is 1. The second-order valence-electron chi connectivity index (χ2n) is 6.25. The molecule has 1 saturated heterocycles. The molecule has 1 aromatic carbocycles. The average Bonchev–Trinajstić information content (AvgIpc) is 3.12. The maximum atomic E-state index is 12.5. The molecule has 1 fully saturated rings. The Morgan fingerprint density at radius 2 is 1.78 bits per heavy atom. The van der Waals surface area contributed by atoms with Gasteiger partial charge in [-0.3, -0.25) is 4.79 Å². The Labute approximate surface area is 167 Å². The van der Waals surface area contributed by atoms with Crippen molar-refractivity contribution < 1.29 is 17.6 Å². The molecule has 1 aliphatic rings. The lowest BCUT2D eigenvalue weighted by molar-refractivity contribution is 0.0924. The third-order valence-corrected chi connectivity index (χ3v) is 6.80. The van der Waals surface area contributed by atoms with Crippen molar-refractivity contribution in [3.63, 3.8) is 0 Å². The molecule has 1 amide bonds. The highest BCUT2D eigenvalue weighted by Gasteiger charge is 2.26. The Balaban J connectivity index is 1.42. The van der Waals surface area contributed by atoms with Crippen molar-refractivity contribution in [2.75, 3.05) is 43.4 Å². The molecule has 0 radical (unpaired) electrons. The van der Waals surface area contributed by atoms with Crippen LogP contribution in [-0.2, 0) is 10.0 Å². The predicted octanol–water partition coefficient (Wildman–Crippen LogP) is 2.31. The summed E-state index contributed by atoms with van der Waals surface area (Å²) in [6.45, 7) is 2.58. The van der Waals surface area contributed by atoms with Crippen molar-refractivity contribution in [3.8, 4) is 0 Å². The van der Waals surface area contributed by atoms with Gasteiger partial charge in [0.15, 0.2) is 10.4 Å². The van der Waals surface area contributed by atoms with Crippen molar-refractivity contribution in [1.82, 2.24) is 9.62 Å². The first-order valence-corrected chi connectivity index (χ1v) is 11.2. The maximum absolute atomic E-state index is 12.5. The fourth-order valence-electron chi connectivity index (χ4n) is 2.97. The minimum absolute atomic E-state index is 0.0144. The molecule has 0 spiro atoms. The summed E-state index contributed by atoms with van der Waals surface area (Å²) in [6, 6.07) is 13.2. The zero-order valence-corrected chi connectivity index (χ0v) is 17.2. The van der Waals surface area contributed by atoms with Gasteiger partial charge in [-0.25, -0.2) is 8.42 Å². The molecular formula is C18H22BrN3O4S. The van der Waals surface area contributed by atoms with Crippen LogP contribution in [0.25, 0.3) is 0 Å². The van der Waals surface area contributed by atoms with Gasteiger partial charge >= 0.3 is 0 Å². The van der Waals surface area contributed by atoms with Crippen LogP contribution in [-0.4, -0.2) is 57.1 Å². The Bertz CT molecular complexity index is 862. The third-order valence-electron chi connectivity index (χ3n) is 4.41. The summed E-state index contributed by atoms with van der Waals surface area (Å²) in [5, 5.41) is 2.67. The number of benzene rings is 1. The van der Waals surface area contributed by atoms with Gasteiger partial charge in [0, 0.05) is 38.4 Å². The van der Waals surface area contributed by atoms with Crippen LogP contribution in [0.2, 0.25) is 0 Å². The summed E-state index contributed by atoms with van der Waals surface area (Å²) in [5.41, 5.74) is 1.11. The van der Waals surface area contributed by atoms with Gasteiger partial charge in [0.1, 0.15) is 0 Å². The summed E-state index contributed by atoms with van der Waals surface area (Å²) in [5.74, 6) is -0.142. The van der Waals surface area contributed by atoms with Crippen molar-refractivity contribution in [2.45, 2.75) is 6.42 Å². The SMILES string of the molecule is O=C(NCCCS(=O)(=O)N1CCN(c2ccccc2)CC1)c1ccc(Br)o1. The topological polar surface area (TPSA) is 82.9 Å². The van der Waals surface area contributed by atoms with Gasteiger partial charge in [0.25, 0.3) is 5.91 Å². The molecule has 1 aromatic heterocycles. The van der Waals surface area contributed by atoms with E-state index in [9.17, 15) is 13.2 Å². The Kier molecular flexibility index (Phi) is 6.56. The van der Waals surface area contributed by atoms with Crippen LogP contribution in [0, 0.1) is 0 Å². The van der Waals surface area contributed by atoms with Gasteiger partial charge in [-0.2, -0.15) is 4.31 Å². The molecule has 0 atom stereocenters. The minimum Gasteiger partial charge on any atom is -0.444 e. The van der Waals surface area contributed by atoms with E-state index in [2.05, 4.69) is 26.1 Å².